The first-order valence-electron chi connectivity index (χ1n) is 6.08. The van der Waals surface area contributed by atoms with Crippen LogP contribution in [0.5, 0.6) is 0 Å². The summed E-state index contributed by atoms with van der Waals surface area (Å²) in [5, 5.41) is 0.806. The number of nitrogens with zero attached hydrogens (tertiary/aromatic N) is 1. The molecule has 2 aromatic heterocycles. The van der Waals surface area contributed by atoms with Crippen LogP contribution in [0.15, 0.2) is 34.9 Å². The van der Waals surface area contributed by atoms with Crippen molar-refractivity contribution in [3.8, 4) is 11.3 Å². The average molecular weight is 253 g/mol. The third-order valence-corrected chi connectivity index (χ3v) is 3.45. The molecule has 0 saturated heterocycles. The summed E-state index contributed by atoms with van der Waals surface area (Å²) >= 11 is 0. The summed E-state index contributed by atoms with van der Waals surface area (Å²) in [5.41, 5.74) is 17.0. The van der Waals surface area contributed by atoms with Gasteiger partial charge in [-0.15, -0.1) is 0 Å². The number of hydrogen-bond donors (Lipinski definition) is 2. The molecule has 3 rings (SSSR count). The molecular weight excluding hydrogens is 238 g/mol. The molecule has 0 bridgehead atoms. The van der Waals surface area contributed by atoms with Gasteiger partial charge in [-0.2, -0.15) is 0 Å². The van der Waals surface area contributed by atoms with Crippen LogP contribution in [0.2, 0.25) is 0 Å². The molecule has 0 unspecified atom stereocenters. The van der Waals surface area contributed by atoms with E-state index in [-0.39, 0.29) is 5.88 Å². The monoisotopic (exact) mass is 253 g/mol. The number of anilines is 2. The van der Waals surface area contributed by atoms with Gasteiger partial charge in [0.1, 0.15) is 11.4 Å². The molecule has 3 aromatic rings. The number of aryl methyl sites for hydroxylation is 2. The zero-order chi connectivity index (χ0) is 13.6. The van der Waals surface area contributed by atoms with E-state index in [0.29, 0.717) is 11.3 Å². The van der Waals surface area contributed by atoms with Crippen LogP contribution in [-0.4, -0.2) is 4.98 Å². The quantitative estimate of drug-likeness (QED) is 0.697. The van der Waals surface area contributed by atoms with Gasteiger partial charge < -0.3 is 15.9 Å². The Morgan fingerprint density at radius 3 is 2.58 bits per heavy atom. The summed E-state index contributed by atoms with van der Waals surface area (Å²) in [4.78, 5) is 4.40. The van der Waals surface area contributed by atoms with E-state index in [1.807, 2.05) is 12.1 Å². The smallest absolute Gasteiger partial charge is 0.214 e. The van der Waals surface area contributed by atoms with E-state index in [1.54, 1.807) is 6.20 Å². The Balaban J connectivity index is 2.30. The van der Waals surface area contributed by atoms with E-state index in [1.165, 1.54) is 11.1 Å². The van der Waals surface area contributed by atoms with E-state index in [2.05, 4.69) is 31.0 Å². The van der Waals surface area contributed by atoms with Crippen LogP contribution in [0.1, 0.15) is 11.1 Å². The Kier molecular flexibility index (Phi) is 2.45. The summed E-state index contributed by atoms with van der Waals surface area (Å²) < 4.78 is 5.54. The van der Waals surface area contributed by atoms with Gasteiger partial charge in [0.05, 0.1) is 0 Å². The zero-order valence-electron chi connectivity index (χ0n) is 10.9. The Morgan fingerprint density at radius 2 is 1.84 bits per heavy atom. The molecule has 0 spiro atoms. The van der Waals surface area contributed by atoms with Gasteiger partial charge in [-0.25, -0.2) is 0 Å². The number of rotatable bonds is 1. The molecule has 4 heteroatoms. The van der Waals surface area contributed by atoms with Crippen LogP contribution in [0.3, 0.4) is 0 Å². The van der Waals surface area contributed by atoms with Crippen molar-refractivity contribution in [1.82, 2.24) is 4.98 Å². The fourth-order valence-electron chi connectivity index (χ4n) is 2.16. The van der Waals surface area contributed by atoms with Crippen molar-refractivity contribution in [2.45, 2.75) is 13.8 Å². The Hall–Kier alpha value is -2.49. The second-order valence-corrected chi connectivity index (χ2v) is 4.72. The molecule has 1 aromatic carbocycles. The van der Waals surface area contributed by atoms with Crippen LogP contribution in [0.25, 0.3) is 22.2 Å². The highest BCUT2D eigenvalue weighted by Gasteiger charge is 2.14. The fraction of sp³-hybridized carbons (Fsp3) is 0.133. The summed E-state index contributed by atoms with van der Waals surface area (Å²) in [6.45, 7) is 4.15. The van der Waals surface area contributed by atoms with Gasteiger partial charge in [-0.05, 0) is 37.1 Å². The van der Waals surface area contributed by atoms with Crippen molar-refractivity contribution in [1.29, 1.82) is 0 Å². The van der Waals surface area contributed by atoms with Crippen molar-refractivity contribution in [2.24, 2.45) is 0 Å². The fourth-order valence-corrected chi connectivity index (χ4v) is 2.16. The van der Waals surface area contributed by atoms with Crippen molar-refractivity contribution < 1.29 is 4.42 Å². The van der Waals surface area contributed by atoms with Crippen LogP contribution < -0.4 is 11.5 Å². The molecule has 0 fully saturated rings. The minimum atomic E-state index is 0.244. The number of furan rings is 1. The topological polar surface area (TPSA) is 78.1 Å². The Labute approximate surface area is 111 Å². The molecule has 0 atom stereocenters. The van der Waals surface area contributed by atoms with Gasteiger partial charge in [0, 0.05) is 17.1 Å². The molecule has 2 heterocycles. The number of nitrogen functional groups attached to an aromatic ring is 2. The molecule has 0 amide bonds. The van der Waals surface area contributed by atoms with E-state index in [0.717, 1.165) is 16.6 Å². The van der Waals surface area contributed by atoms with Crippen molar-refractivity contribution >= 4 is 22.5 Å². The van der Waals surface area contributed by atoms with Crippen molar-refractivity contribution in [3.63, 3.8) is 0 Å². The predicted octanol–water partition coefficient (Wildman–Crippen LogP) is 3.28. The maximum Gasteiger partial charge on any atom is 0.214 e. The number of nitrogens with two attached hydrogens (primary N) is 2. The van der Waals surface area contributed by atoms with Crippen LogP contribution in [-0.2, 0) is 0 Å². The molecule has 0 radical (unpaired) electrons. The summed E-state index contributed by atoms with van der Waals surface area (Å²) in [6.07, 6.45) is 1.72. The predicted molar refractivity (Wildman–Crippen MR) is 77.7 cm³/mol. The van der Waals surface area contributed by atoms with E-state index >= 15 is 0 Å². The van der Waals surface area contributed by atoms with Gasteiger partial charge >= 0.3 is 0 Å². The molecule has 19 heavy (non-hydrogen) atoms. The second-order valence-electron chi connectivity index (χ2n) is 4.72. The first kappa shape index (κ1) is 11.6. The standard InChI is InChI=1S/C15H15N3O/c1-8-3-4-10(7-9(8)2)13-14-11(5-6-18-13)12(16)15(17)19-14/h3-7H,16-17H2,1-2H3. The van der Waals surface area contributed by atoms with Crippen LogP contribution in [0.4, 0.5) is 11.6 Å². The van der Waals surface area contributed by atoms with E-state index in [9.17, 15) is 0 Å². The molecule has 96 valence electrons. The Morgan fingerprint density at radius 1 is 1.05 bits per heavy atom. The third kappa shape index (κ3) is 1.73. The SMILES string of the molecule is Cc1ccc(-c2nccc3c(N)c(N)oc23)cc1C. The summed E-state index contributed by atoms with van der Waals surface area (Å²) in [7, 11) is 0. The lowest BCUT2D eigenvalue weighted by molar-refractivity contribution is 0.638. The molecular formula is C15H15N3O. The minimum absolute atomic E-state index is 0.244. The van der Waals surface area contributed by atoms with Crippen LogP contribution >= 0.6 is 0 Å². The number of pyridine rings is 1. The molecule has 0 aliphatic heterocycles. The second kappa shape index (κ2) is 4.02. The number of hydrogen-bond acceptors (Lipinski definition) is 4. The number of fused-ring (bicyclic) bond motifs is 1. The van der Waals surface area contributed by atoms with Gasteiger partial charge in [-0.1, -0.05) is 12.1 Å². The maximum absolute atomic E-state index is 5.89. The summed E-state index contributed by atoms with van der Waals surface area (Å²) in [5.74, 6) is 0.244. The zero-order valence-corrected chi connectivity index (χ0v) is 10.9. The normalized spacial score (nSPS) is 11.1. The van der Waals surface area contributed by atoms with Gasteiger partial charge in [0.2, 0.25) is 5.88 Å². The van der Waals surface area contributed by atoms with E-state index in [4.69, 9.17) is 15.9 Å². The highest BCUT2D eigenvalue weighted by atomic mass is 16.3. The highest BCUT2D eigenvalue weighted by Crippen LogP contribution is 2.35. The third-order valence-electron chi connectivity index (χ3n) is 3.45. The lowest BCUT2D eigenvalue weighted by Gasteiger charge is -2.05. The lowest BCUT2D eigenvalue weighted by atomic mass is 10.0. The largest absolute Gasteiger partial charge is 0.436 e. The van der Waals surface area contributed by atoms with Gasteiger partial charge in [0.15, 0.2) is 5.58 Å². The van der Waals surface area contributed by atoms with Crippen molar-refractivity contribution in [2.75, 3.05) is 11.5 Å². The molecule has 4 nitrogen and oxygen atoms in total. The highest BCUT2D eigenvalue weighted by molar-refractivity contribution is 6.01. The number of benzene rings is 1. The van der Waals surface area contributed by atoms with Gasteiger partial charge in [-0.3, -0.25) is 4.98 Å². The minimum Gasteiger partial charge on any atom is -0.436 e. The maximum atomic E-state index is 5.89. The van der Waals surface area contributed by atoms with E-state index < -0.39 is 0 Å². The molecule has 4 N–H and O–H groups in total. The van der Waals surface area contributed by atoms with Crippen molar-refractivity contribution in [3.05, 3.63) is 41.6 Å². The van der Waals surface area contributed by atoms with Crippen LogP contribution in [0, 0.1) is 13.8 Å². The average Bonchev–Trinajstić information content (AvgIpc) is 2.69. The molecule has 0 aliphatic rings. The first-order valence-corrected chi connectivity index (χ1v) is 6.08. The molecule has 0 saturated carbocycles. The molecule has 0 aliphatic carbocycles. The summed E-state index contributed by atoms with van der Waals surface area (Å²) in [6, 6.07) is 8.00. The lowest BCUT2D eigenvalue weighted by Crippen LogP contribution is -1.89. The number of aromatic nitrogens is 1. The van der Waals surface area contributed by atoms with Gasteiger partial charge in [0.25, 0.3) is 0 Å². The first-order chi connectivity index (χ1) is 9.08. The Bertz CT molecular complexity index is 774.